The molecule has 2 aromatic heterocycles. The molecule has 6 heteroatoms. The Hall–Kier alpha value is -2.14. The number of imidazole rings is 1. The minimum Gasteiger partial charge on any atom is -0.347 e. The number of fused-ring (bicyclic) bond motifs is 1. The van der Waals surface area contributed by atoms with E-state index >= 15 is 0 Å². The number of aromatic nitrogens is 3. The molecule has 2 aliphatic rings. The number of pyridine rings is 1. The van der Waals surface area contributed by atoms with Gasteiger partial charge in [-0.1, -0.05) is 6.08 Å². The van der Waals surface area contributed by atoms with E-state index < -0.39 is 0 Å². The van der Waals surface area contributed by atoms with Crippen molar-refractivity contribution in [2.45, 2.75) is 37.6 Å². The van der Waals surface area contributed by atoms with Crippen LogP contribution in [0, 0.1) is 0 Å². The lowest BCUT2D eigenvalue weighted by Gasteiger charge is -2.18. The number of rotatable bonds is 3. The molecule has 0 bridgehead atoms. The Morgan fingerprint density at radius 1 is 1.43 bits per heavy atom. The van der Waals surface area contributed by atoms with Gasteiger partial charge in [0.25, 0.3) is 5.91 Å². The molecule has 1 fully saturated rings. The first kappa shape index (κ1) is 14.5. The zero-order chi connectivity index (χ0) is 16.0. The average molecular weight is 329 g/mol. The maximum Gasteiger partial charge on any atom is 0.287 e. The largest absolute Gasteiger partial charge is 0.347 e. The first-order valence-corrected chi connectivity index (χ1v) is 8.24. The van der Waals surface area contributed by atoms with Crippen molar-refractivity contribution in [2.75, 3.05) is 0 Å². The van der Waals surface area contributed by atoms with Crippen molar-refractivity contribution in [3.63, 3.8) is 0 Å². The van der Waals surface area contributed by atoms with Crippen LogP contribution in [-0.2, 0) is 0 Å². The molecular weight excluding hydrogens is 312 g/mol. The van der Waals surface area contributed by atoms with Gasteiger partial charge in [0.2, 0.25) is 5.82 Å². The van der Waals surface area contributed by atoms with Crippen LogP contribution in [0.4, 0.5) is 0 Å². The van der Waals surface area contributed by atoms with E-state index in [2.05, 4.69) is 15.3 Å². The first-order chi connectivity index (χ1) is 11.1. The van der Waals surface area contributed by atoms with Gasteiger partial charge in [-0.15, -0.1) is 11.6 Å². The first-order valence-electron chi connectivity index (χ1n) is 7.80. The lowest BCUT2D eigenvalue weighted by Crippen LogP contribution is -2.28. The van der Waals surface area contributed by atoms with E-state index in [0.29, 0.717) is 11.5 Å². The van der Waals surface area contributed by atoms with Gasteiger partial charge in [-0.2, -0.15) is 0 Å². The van der Waals surface area contributed by atoms with Gasteiger partial charge < -0.3 is 5.32 Å². The van der Waals surface area contributed by atoms with Crippen LogP contribution >= 0.6 is 11.6 Å². The molecule has 1 N–H and O–H groups in total. The maximum absolute atomic E-state index is 12.6. The minimum absolute atomic E-state index is 0.00904. The van der Waals surface area contributed by atoms with Crippen molar-refractivity contribution in [3.8, 4) is 0 Å². The zero-order valence-electron chi connectivity index (χ0n) is 12.8. The normalized spacial score (nSPS) is 21.0. The molecule has 0 aromatic carbocycles. The summed E-state index contributed by atoms with van der Waals surface area (Å²) >= 11 is 6.20. The zero-order valence-corrected chi connectivity index (χ0v) is 13.5. The van der Waals surface area contributed by atoms with Crippen molar-refractivity contribution in [3.05, 3.63) is 41.9 Å². The van der Waals surface area contributed by atoms with Crippen molar-refractivity contribution in [1.29, 1.82) is 0 Å². The Morgan fingerprint density at radius 2 is 2.26 bits per heavy atom. The molecule has 2 aromatic rings. The fourth-order valence-corrected chi connectivity index (χ4v) is 3.14. The fraction of sp³-hybridized carbons (Fsp3) is 0.353. The molecule has 5 nitrogen and oxygen atoms in total. The second-order valence-corrected chi connectivity index (χ2v) is 6.67. The highest BCUT2D eigenvalue weighted by Crippen LogP contribution is 2.29. The Kier molecular flexibility index (Phi) is 3.45. The Balaban J connectivity index is 1.87. The Morgan fingerprint density at radius 3 is 3.00 bits per heavy atom. The van der Waals surface area contributed by atoms with E-state index in [-0.39, 0.29) is 17.3 Å². The smallest absolute Gasteiger partial charge is 0.287 e. The highest BCUT2D eigenvalue weighted by atomic mass is 35.5. The second kappa shape index (κ2) is 5.49. The number of allylic oxidation sites excluding steroid dienone is 4. The summed E-state index contributed by atoms with van der Waals surface area (Å²) in [5, 5.41) is 3.00. The average Bonchev–Trinajstić information content (AvgIpc) is 3.25. The number of nitrogens with zero attached hydrogens (tertiary/aromatic N) is 3. The predicted octanol–water partition coefficient (Wildman–Crippen LogP) is 3.12. The number of carbonyl (C=O) groups excluding carboxylic acids is 1. The number of halogens is 1. The van der Waals surface area contributed by atoms with Crippen LogP contribution in [0.3, 0.4) is 0 Å². The van der Waals surface area contributed by atoms with Gasteiger partial charge in [-0.3, -0.25) is 9.36 Å². The summed E-state index contributed by atoms with van der Waals surface area (Å²) in [6.45, 7) is 2.03. The van der Waals surface area contributed by atoms with Crippen LogP contribution in [0.5, 0.6) is 0 Å². The fourth-order valence-electron chi connectivity index (χ4n) is 2.84. The maximum atomic E-state index is 12.6. The van der Waals surface area contributed by atoms with E-state index in [1.807, 2.05) is 35.8 Å². The molecule has 23 heavy (non-hydrogen) atoms. The molecular formula is C17H17ClN4O. The number of amides is 1. The molecule has 1 amide bonds. The number of hydrogen-bond acceptors (Lipinski definition) is 3. The van der Waals surface area contributed by atoms with Crippen molar-refractivity contribution >= 4 is 34.4 Å². The summed E-state index contributed by atoms with van der Waals surface area (Å²) in [4.78, 5) is 21.5. The van der Waals surface area contributed by atoms with Gasteiger partial charge in [0.1, 0.15) is 5.52 Å². The summed E-state index contributed by atoms with van der Waals surface area (Å²) < 4.78 is 1.85. The van der Waals surface area contributed by atoms with Gasteiger partial charge in [-0.25, -0.2) is 9.97 Å². The topological polar surface area (TPSA) is 59.8 Å². The summed E-state index contributed by atoms with van der Waals surface area (Å²) in [6.07, 6.45) is 8.46. The van der Waals surface area contributed by atoms with Crippen LogP contribution in [0.15, 0.2) is 36.1 Å². The molecule has 0 spiro atoms. The standard InChI is InChI=1S/C17H17ClN4O/c1-10-9-11(18)4-7-14(10)22-15-13(3-2-8-19-15)21-16(22)17(23)20-12-5-6-12/h2-4,7-8,11-12H,5-6,9H2,1H3,(H,20,23). The molecule has 0 radical (unpaired) electrons. The van der Waals surface area contributed by atoms with E-state index in [1.54, 1.807) is 6.20 Å². The summed E-state index contributed by atoms with van der Waals surface area (Å²) in [7, 11) is 0. The second-order valence-electron chi connectivity index (χ2n) is 6.11. The summed E-state index contributed by atoms with van der Waals surface area (Å²) in [6, 6.07) is 3.99. The van der Waals surface area contributed by atoms with Gasteiger partial charge in [0.15, 0.2) is 5.65 Å². The third-order valence-electron chi connectivity index (χ3n) is 4.17. The number of carbonyl (C=O) groups is 1. The van der Waals surface area contributed by atoms with E-state index in [0.717, 1.165) is 36.0 Å². The lowest BCUT2D eigenvalue weighted by atomic mass is 10.0. The van der Waals surface area contributed by atoms with Crippen LogP contribution in [0.1, 0.15) is 36.8 Å². The lowest BCUT2D eigenvalue weighted by molar-refractivity contribution is 0.0939. The number of alkyl halides is 1. The summed E-state index contributed by atoms with van der Waals surface area (Å²) in [5.41, 5.74) is 3.47. The Labute approximate surface area is 139 Å². The van der Waals surface area contributed by atoms with E-state index in [1.165, 1.54) is 0 Å². The van der Waals surface area contributed by atoms with Crippen LogP contribution < -0.4 is 5.32 Å². The van der Waals surface area contributed by atoms with Crippen LogP contribution in [-0.4, -0.2) is 31.9 Å². The van der Waals surface area contributed by atoms with E-state index in [9.17, 15) is 4.79 Å². The molecule has 4 rings (SSSR count). The number of hydrogen-bond donors (Lipinski definition) is 1. The van der Waals surface area contributed by atoms with Gasteiger partial charge in [0.05, 0.1) is 5.38 Å². The molecule has 0 saturated heterocycles. The summed E-state index contributed by atoms with van der Waals surface area (Å²) in [5.74, 6) is 0.241. The van der Waals surface area contributed by atoms with Gasteiger partial charge in [-0.05, 0) is 50.0 Å². The molecule has 0 aliphatic heterocycles. The molecule has 118 valence electrons. The van der Waals surface area contributed by atoms with Gasteiger partial charge >= 0.3 is 0 Å². The monoisotopic (exact) mass is 328 g/mol. The highest BCUT2D eigenvalue weighted by Gasteiger charge is 2.28. The van der Waals surface area contributed by atoms with Gasteiger partial charge in [0, 0.05) is 17.9 Å². The van der Waals surface area contributed by atoms with Crippen LogP contribution in [0.2, 0.25) is 0 Å². The Bertz CT molecular complexity index is 847. The van der Waals surface area contributed by atoms with Crippen molar-refractivity contribution in [1.82, 2.24) is 19.9 Å². The van der Waals surface area contributed by atoms with Crippen molar-refractivity contribution < 1.29 is 4.79 Å². The molecule has 1 unspecified atom stereocenters. The SMILES string of the molecule is CC1=C(n2c(C(=O)NC3CC3)nc3cccnc32)C=CC(Cl)C1. The van der Waals surface area contributed by atoms with Crippen molar-refractivity contribution in [2.24, 2.45) is 0 Å². The molecule has 2 aliphatic carbocycles. The molecule has 2 heterocycles. The highest BCUT2D eigenvalue weighted by molar-refractivity contribution is 6.22. The van der Waals surface area contributed by atoms with Crippen LogP contribution in [0.25, 0.3) is 16.9 Å². The van der Waals surface area contributed by atoms with E-state index in [4.69, 9.17) is 11.6 Å². The quantitative estimate of drug-likeness (QED) is 0.881. The third kappa shape index (κ3) is 2.65. The third-order valence-corrected chi connectivity index (χ3v) is 4.47. The molecule has 1 atom stereocenters. The minimum atomic E-state index is -0.146. The predicted molar refractivity (Wildman–Crippen MR) is 90.3 cm³/mol. The molecule has 1 saturated carbocycles. The number of nitrogens with one attached hydrogen (secondary N) is 1.